The van der Waals surface area contributed by atoms with Crippen molar-refractivity contribution in [2.75, 3.05) is 0 Å². The summed E-state index contributed by atoms with van der Waals surface area (Å²) in [5, 5.41) is 10.4. The molecule has 0 fully saturated rings. The molecule has 0 amide bonds. The zero-order valence-corrected chi connectivity index (χ0v) is 26.6. The lowest BCUT2D eigenvalue weighted by Crippen LogP contribution is -1.91. The van der Waals surface area contributed by atoms with Gasteiger partial charge in [-0.1, -0.05) is 171 Å². The molecule has 0 heterocycles. The van der Waals surface area contributed by atoms with Gasteiger partial charge in [0.15, 0.2) is 0 Å². The fourth-order valence-electron chi connectivity index (χ4n) is 7.57. The van der Waals surface area contributed by atoms with Gasteiger partial charge in [-0.15, -0.1) is 0 Å². The van der Waals surface area contributed by atoms with Crippen molar-refractivity contribution in [3.63, 3.8) is 0 Å². The van der Waals surface area contributed by atoms with Crippen LogP contribution >= 0.6 is 0 Å². The minimum atomic E-state index is 1.13. The van der Waals surface area contributed by atoms with Crippen molar-refractivity contribution in [3.05, 3.63) is 182 Å². The van der Waals surface area contributed by atoms with Crippen LogP contribution < -0.4 is 0 Å². The number of benzene rings is 9. The predicted octanol–water partition coefficient (Wildman–Crippen LogP) is 13.7. The van der Waals surface area contributed by atoms with Crippen molar-refractivity contribution in [2.45, 2.75) is 0 Å². The predicted molar refractivity (Wildman–Crippen MR) is 210 cm³/mol. The second kappa shape index (κ2) is 11.2. The van der Waals surface area contributed by atoms with E-state index in [9.17, 15) is 0 Å². The van der Waals surface area contributed by atoms with E-state index in [-0.39, 0.29) is 0 Å². The Bertz CT molecular complexity index is 2460. The molecule has 9 aromatic carbocycles. The van der Waals surface area contributed by atoms with Crippen molar-refractivity contribution < 1.29 is 0 Å². The Morgan fingerprint density at radius 2 is 0.646 bits per heavy atom. The van der Waals surface area contributed by atoms with Gasteiger partial charge in [-0.25, -0.2) is 0 Å². The molecular formula is C48H32. The maximum absolute atomic E-state index is 3.90. The summed E-state index contributed by atoms with van der Waals surface area (Å²) in [6, 6.07) is 58.0. The van der Waals surface area contributed by atoms with Crippen LogP contribution in [-0.4, -0.2) is 0 Å². The third-order valence-corrected chi connectivity index (χ3v) is 9.97. The van der Waals surface area contributed by atoms with E-state index < -0.39 is 0 Å². The van der Waals surface area contributed by atoms with E-state index >= 15 is 0 Å². The molecule has 0 atom stereocenters. The Hall–Kier alpha value is -6.24. The van der Waals surface area contributed by atoms with Gasteiger partial charge in [0.05, 0.1) is 0 Å². The van der Waals surface area contributed by atoms with Gasteiger partial charge >= 0.3 is 0 Å². The van der Waals surface area contributed by atoms with Crippen molar-refractivity contribution in [1.82, 2.24) is 0 Å². The van der Waals surface area contributed by atoms with Gasteiger partial charge in [-0.05, 0) is 111 Å². The number of hydrogen-bond donors (Lipinski definition) is 0. The fourth-order valence-corrected chi connectivity index (χ4v) is 7.57. The Morgan fingerprint density at radius 1 is 0.292 bits per heavy atom. The van der Waals surface area contributed by atoms with Crippen LogP contribution in [-0.2, 0) is 0 Å². The third-order valence-electron chi connectivity index (χ3n) is 9.97. The molecule has 9 aromatic rings. The highest BCUT2D eigenvalue weighted by atomic mass is 14.2. The van der Waals surface area contributed by atoms with Crippen molar-refractivity contribution >= 4 is 55.2 Å². The maximum Gasteiger partial charge on any atom is -0.00201 e. The molecule has 0 saturated carbocycles. The van der Waals surface area contributed by atoms with Gasteiger partial charge in [0.1, 0.15) is 0 Å². The highest BCUT2D eigenvalue weighted by Crippen LogP contribution is 2.45. The highest BCUT2D eigenvalue weighted by Gasteiger charge is 2.17. The van der Waals surface area contributed by atoms with Gasteiger partial charge in [0.2, 0.25) is 0 Å². The first-order valence-corrected chi connectivity index (χ1v) is 16.5. The lowest BCUT2D eigenvalue weighted by atomic mass is 9.85. The fraction of sp³-hybridized carbons (Fsp3) is 0. The molecule has 9 rings (SSSR count). The zero-order valence-electron chi connectivity index (χ0n) is 26.6. The van der Waals surface area contributed by atoms with Gasteiger partial charge in [0, 0.05) is 0 Å². The first-order chi connectivity index (χ1) is 23.7. The maximum atomic E-state index is 3.90. The average Bonchev–Trinajstić information content (AvgIpc) is 3.16. The van der Waals surface area contributed by atoms with Crippen LogP contribution in [0.4, 0.5) is 0 Å². The Kier molecular flexibility index (Phi) is 6.55. The second-order valence-corrected chi connectivity index (χ2v) is 12.6. The molecule has 0 bridgehead atoms. The molecule has 0 spiro atoms. The Labute approximate surface area is 280 Å². The zero-order chi connectivity index (χ0) is 32.2. The van der Waals surface area contributed by atoms with E-state index in [1.54, 1.807) is 0 Å². The van der Waals surface area contributed by atoms with Gasteiger partial charge < -0.3 is 0 Å². The first-order valence-electron chi connectivity index (χ1n) is 16.5. The summed E-state index contributed by atoms with van der Waals surface area (Å²) in [6.07, 6.45) is 3.77. The van der Waals surface area contributed by atoms with Crippen LogP contribution in [0.15, 0.2) is 171 Å². The molecule has 0 saturated heterocycles. The van der Waals surface area contributed by atoms with E-state index in [0.29, 0.717) is 0 Å². The molecule has 0 aliphatic heterocycles. The van der Waals surface area contributed by atoms with E-state index in [4.69, 9.17) is 0 Å². The highest BCUT2D eigenvalue weighted by molar-refractivity contribution is 6.35. The van der Waals surface area contributed by atoms with Crippen molar-refractivity contribution in [1.29, 1.82) is 0 Å². The monoisotopic (exact) mass is 608 g/mol. The van der Waals surface area contributed by atoms with Gasteiger partial charge in [-0.2, -0.15) is 0 Å². The van der Waals surface area contributed by atoms with Crippen molar-refractivity contribution in [2.24, 2.45) is 0 Å². The van der Waals surface area contributed by atoms with Crippen LogP contribution in [0.2, 0.25) is 0 Å². The minimum Gasteiger partial charge on any atom is -0.0985 e. The molecule has 0 aromatic heterocycles. The lowest BCUT2D eigenvalue weighted by molar-refractivity contribution is 1.59. The van der Waals surface area contributed by atoms with E-state index in [0.717, 1.165) is 11.1 Å². The molecule has 0 nitrogen and oxygen atoms in total. The quantitative estimate of drug-likeness (QED) is 0.130. The van der Waals surface area contributed by atoms with Crippen LogP contribution in [0, 0.1) is 0 Å². The molecular weight excluding hydrogens is 577 g/mol. The van der Waals surface area contributed by atoms with Gasteiger partial charge in [0.25, 0.3) is 0 Å². The van der Waals surface area contributed by atoms with Crippen LogP contribution in [0.3, 0.4) is 0 Å². The molecule has 224 valence electrons. The normalized spacial score (nSPS) is 11.5. The van der Waals surface area contributed by atoms with Crippen LogP contribution in [0.5, 0.6) is 0 Å². The largest absolute Gasteiger partial charge is 0.0985 e. The first kappa shape index (κ1) is 28.0. The third kappa shape index (κ3) is 4.46. The summed E-state index contributed by atoms with van der Waals surface area (Å²) >= 11 is 0. The van der Waals surface area contributed by atoms with E-state index in [2.05, 4.69) is 171 Å². The van der Waals surface area contributed by atoms with Crippen LogP contribution in [0.1, 0.15) is 11.1 Å². The summed E-state index contributed by atoms with van der Waals surface area (Å²) in [5.74, 6) is 0. The smallest absolute Gasteiger partial charge is 0.00201 e. The number of fused-ring (bicyclic) bond motifs is 2. The van der Waals surface area contributed by atoms with Gasteiger partial charge in [-0.3, -0.25) is 0 Å². The Morgan fingerprint density at radius 3 is 1.06 bits per heavy atom. The van der Waals surface area contributed by atoms with E-state index in [1.807, 2.05) is 12.2 Å². The average molecular weight is 609 g/mol. The summed E-state index contributed by atoms with van der Waals surface area (Å²) in [6.45, 7) is 7.80. The summed E-state index contributed by atoms with van der Waals surface area (Å²) in [5.41, 5.74) is 12.1. The van der Waals surface area contributed by atoms with E-state index in [1.165, 1.54) is 87.6 Å². The van der Waals surface area contributed by atoms with Crippen molar-refractivity contribution in [3.8, 4) is 44.5 Å². The molecule has 48 heavy (non-hydrogen) atoms. The number of hydrogen-bond acceptors (Lipinski definition) is 0. The summed E-state index contributed by atoms with van der Waals surface area (Å²) in [4.78, 5) is 0. The molecule has 0 unspecified atom stereocenters. The molecule has 0 heteroatoms. The summed E-state index contributed by atoms with van der Waals surface area (Å²) in [7, 11) is 0. The topological polar surface area (TPSA) is 0 Å². The minimum absolute atomic E-state index is 1.13. The second-order valence-electron chi connectivity index (χ2n) is 12.6. The Balaban J connectivity index is 1.22. The molecule has 0 radical (unpaired) electrons. The molecule has 0 aliphatic carbocycles. The number of rotatable bonds is 6. The molecule has 0 aliphatic rings. The standard InChI is InChI=1S/C48H32/c1-3-31-17-21-33(22-18-31)35-9-5-11-37(29-35)39-25-27-45-46-28-26-40(38-12-6-10-36(30-38)34-23-19-32(4-2)20-24-34)42-14-8-16-44(48(42)46)43-15-7-13-41(39)47(43)45/h3-30H,1-2H2. The van der Waals surface area contributed by atoms with Crippen LogP contribution in [0.25, 0.3) is 99.7 Å². The molecule has 0 N–H and O–H groups in total. The lowest BCUT2D eigenvalue weighted by Gasteiger charge is -2.18. The summed E-state index contributed by atoms with van der Waals surface area (Å²) < 4.78 is 0. The SMILES string of the molecule is C=Cc1ccc(-c2cccc(-c3ccc4c5ccc(-c6cccc(-c7ccc(C=C)cc7)c6)c6cccc(c7cccc3c74)c65)c2)cc1.